The lowest BCUT2D eigenvalue weighted by Gasteiger charge is -2.08. The summed E-state index contributed by atoms with van der Waals surface area (Å²) in [5.74, 6) is 0. The lowest BCUT2D eigenvalue weighted by molar-refractivity contribution is -0.385. The van der Waals surface area contributed by atoms with Gasteiger partial charge >= 0.3 is 0 Å². The van der Waals surface area contributed by atoms with Crippen LogP contribution in [0.4, 0.5) is 11.4 Å². The molecule has 0 aliphatic heterocycles. The molecular weight excluding hydrogens is 322 g/mol. The van der Waals surface area contributed by atoms with Gasteiger partial charge in [0.05, 0.1) is 4.92 Å². The van der Waals surface area contributed by atoms with Crippen molar-refractivity contribution in [1.82, 2.24) is 4.98 Å². The van der Waals surface area contributed by atoms with Crippen molar-refractivity contribution in [2.24, 2.45) is 0 Å². The van der Waals surface area contributed by atoms with Crippen LogP contribution >= 0.6 is 15.9 Å². The maximum Gasteiger partial charge on any atom is 0.274 e. The largest absolute Gasteiger partial charge is 0.381 e. The molecule has 2 aromatic rings. The molecule has 0 radical (unpaired) electrons. The van der Waals surface area contributed by atoms with E-state index in [9.17, 15) is 10.1 Å². The van der Waals surface area contributed by atoms with Crippen molar-refractivity contribution in [2.45, 2.75) is 19.9 Å². The Morgan fingerprint density at radius 3 is 2.80 bits per heavy atom. The Labute approximate surface area is 125 Å². The fourth-order valence-corrected chi connectivity index (χ4v) is 2.31. The smallest absolute Gasteiger partial charge is 0.274 e. The predicted octanol–water partition coefficient (Wildman–Crippen LogP) is 3.93. The number of halogens is 1. The lowest BCUT2D eigenvalue weighted by atomic mass is 10.1. The van der Waals surface area contributed by atoms with Crippen LogP contribution in [-0.4, -0.2) is 9.91 Å². The van der Waals surface area contributed by atoms with Crippen LogP contribution in [0.15, 0.2) is 41.1 Å². The fourth-order valence-electron chi connectivity index (χ4n) is 1.90. The summed E-state index contributed by atoms with van der Waals surface area (Å²) >= 11 is 3.36. The first-order valence-corrected chi connectivity index (χ1v) is 7.00. The monoisotopic (exact) mass is 335 g/mol. The first kappa shape index (κ1) is 14.5. The zero-order valence-corrected chi connectivity index (χ0v) is 12.6. The van der Waals surface area contributed by atoms with Gasteiger partial charge in [0.25, 0.3) is 5.69 Å². The van der Waals surface area contributed by atoms with Gasteiger partial charge < -0.3 is 5.32 Å². The number of nitro groups is 1. The summed E-state index contributed by atoms with van der Waals surface area (Å²) in [6.45, 7) is 2.47. The third kappa shape index (κ3) is 3.54. The summed E-state index contributed by atoms with van der Waals surface area (Å²) in [4.78, 5) is 14.7. The Morgan fingerprint density at radius 2 is 2.15 bits per heavy atom. The Hall–Kier alpha value is -1.95. The molecule has 1 aromatic carbocycles. The average Bonchev–Trinajstić information content (AvgIpc) is 2.45. The molecule has 0 aliphatic carbocycles. The second kappa shape index (κ2) is 6.47. The van der Waals surface area contributed by atoms with Gasteiger partial charge in [0.1, 0.15) is 0 Å². The van der Waals surface area contributed by atoms with Crippen molar-refractivity contribution in [3.05, 3.63) is 62.4 Å². The Bertz CT molecular complexity index is 632. The number of pyridine rings is 1. The number of rotatable bonds is 5. The molecule has 0 atom stereocenters. The highest BCUT2D eigenvalue weighted by atomic mass is 79.9. The van der Waals surface area contributed by atoms with Crippen molar-refractivity contribution < 1.29 is 4.92 Å². The van der Waals surface area contributed by atoms with E-state index < -0.39 is 0 Å². The molecule has 6 heteroatoms. The van der Waals surface area contributed by atoms with Gasteiger partial charge in [-0.3, -0.25) is 15.1 Å². The predicted molar refractivity (Wildman–Crippen MR) is 81.7 cm³/mol. The van der Waals surface area contributed by atoms with E-state index in [2.05, 4.69) is 26.2 Å². The number of aromatic nitrogens is 1. The van der Waals surface area contributed by atoms with Crippen molar-refractivity contribution in [1.29, 1.82) is 0 Å². The van der Waals surface area contributed by atoms with Crippen molar-refractivity contribution in [2.75, 3.05) is 5.32 Å². The molecular formula is C14H14BrN3O2. The Balaban J connectivity index is 2.14. The van der Waals surface area contributed by atoms with Crippen molar-refractivity contribution in [3.8, 4) is 0 Å². The van der Waals surface area contributed by atoms with Crippen LogP contribution in [-0.2, 0) is 13.0 Å². The maximum absolute atomic E-state index is 11.0. The number of anilines is 1. The van der Waals surface area contributed by atoms with Crippen LogP contribution in [0.5, 0.6) is 0 Å². The van der Waals surface area contributed by atoms with Gasteiger partial charge in [0.15, 0.2) is 0 Å². The highest BCUT2D eigenvalue weighted by molar-refractivity contribution is 9.10. The number of nitrogens with zero attached hydrogens (tertiary/aromatic N) is 2. The Morgan fingerprint density at radius 1 is 1.35 bits per heavy atom. The van der Waals surface area contributed by atoms with Crippen LogP contribution < -0.4 is 5.32 Å². The number of aryl methyl sites for hydroxylation is 1. The number of hydrogen-bond acceptors (Lipinski definition) is 4. The highest BCUT2D eigenvalue weighted by Gasteiger charge is 2.12. The van der Waals surface area contributed by atoms with E-state index >= 15 is 0 Å². The van der Waals surface area contributed by atoms with Gasteiger partial charge in [-0.1, -0.05) is 13.0 Å². The summed E-state index contributed by atoms with van der Waals surface area (Å²) in [6.07, 6.45) is 4.11. The number of nitrogens with one attached hydrogen (secondary N) is 1. The molecule has 2 rings (SSSR count). The van der Waals surface area contributed by atoms with Gasteiger partial charge in [-0.25, -0.2) is 0 Å². The molecule has 0 saturated heterocycles. The molecule has 0 amide bonds. The minimum atomic E-state index is -0.343. The molecule has 1 heterocycles. The summed E-state index contributed by atoms with van der Waals surface area (Å²) in [6, 6.07) is 7.18. The van der Waals surface area contributed by atoms with Crippen LogP contribution in [0.1, 0.15) is 18.1 Å². The van der Waals surface area contributed by atoms with Crippen molar-refractivity contribution >= 4 is 27.3 Å². The highest BCUT2D eigenvalue weighted by Crippen LogP contribution is 2.24. The standard InChI is InChI=1S/C14H14BrN3O2/c1-2-11-3-4-13(6-14(11)18(19)20)17-8-10-5-12(15)9-16-7-10/h3-7,9,17H,2,8H2,1H3. The second-order valence-corrected chi connectivity index (χ2v) is 5.23. The Kier molecular flexibility index (Phi) is 4.68. The van der Waals surface area contributed by atoms with E-state index in [1.807, 2.05) is 19.1 Å². The zero-order valence-electron chi connectivity index (χ0n) is 11.0. The lowest BCUT2D eigenvalue weighted by Crippen LogP contribution is -2.02. The minimum Gasteiger partial charge on any atom is -0.381 e. The molecule has 0 saturated carbocycles. The van der Waals surface area contributed by atoms with Gasteiger partial charge in [-0.15, -0.1) is 0 Å². The summed E-state index contributed by atoms with van der Waals surface area (Å²) < 4.78 is 0.907. The topological polar surface area (TPSA) is 68.1 Å². The minimum absolute atomic E-state index is 0.157. The molecule has 1 aromatic heterocycles. The van der Waals surface area contributed by atoms with E-state index in [1.165, 1.54) is 0 Å². The first-order chi connectivity index (χ1) is 9.60. The van der Waals surface area contributed by atoms with E-state index in [4.69, 9.17) is 0 Å². The van der Waals surface area contributed by atoms with E-state index in [0.717, 1.165) is 21.3 Å². The van der Waals surface area contributed by atoms with Gasteiger partial charge in [-0.2, -0.15) is 0 Å². The van der Waals surface area contributed by atoms with E-state index in [1.54, 1.807) is 24.5 Å². The van der Waals surface area contributed by atoms with E-state index in [-0.39, 0.29) is 10.6 Å². The van der Waals surface area contributed by atoms with Crippen LogP contribution in [0.3, 0.4) is 0 Å². The van der Waals surface area contributed by atoms with Crippen LogP contribution in [0.25, 0.3) is 0 Å². The molecule has 0 bridgehead atoms. The molecule has 1 N–H and O–H groups in total. The van der Waals surface area contributed by atoms with Crippen LogP contribution in [0.2, 0.25) is 0 Å². The third-order valence-electron chi connectivity index (χ3n) is 2.92. The number of nitro benzene ring substituents is 1. The second-order valence-electron chi connectivity index (χ2n) is 4.32. The normalized spacial score (nSPS) is 10.3. The summed E-state index contributed by atoms with van der Waals surface area (Å²) in [5.41, 5.74) is 2.63. The average molecular weight is 336 g/mol. The molecule has 0 unspecified atom stereocenters. The molecule has 0 fully saturated rings. The third-order valence-corrected chi connectivity index (χ3v) is 3.35. The quantitative estimate of drug-likeness (QED) is 0.664. The van der Waals surface area contributed by atoms with Gasteiger partial charge in [-0.05, 0) is 40.0 Å². The summed E-state index contributed by atoms with van der Waals surface area (Å²) in [7, 11) is 0. The molecule has 0 aliphatic rings. The van der Waals surface area contributed by atoms with Crippen LogP contribution in [0, 0.1) is 10.1 Å². The zero-order chi connectivity index (χ0) is 14.5. The SMILES string of the molecule is CCc1ccc(NCc2cncc(Br)c2)cc1[N+](=O)[O-]. The van der Waals surface area contributed by atoms with Gasteiger partial charge in [0.2, 0.25) is 0 Å². The molecule has 5 nitrogen and oxygen atoms in total. The summed E-state index contributed by atoms with van der Waals surface area (Å²) in [5, 5.41) is 14.2. The molecule has 0 spiro atoms. The van der Waals surface area contributed by atoms with Crippen molar-refractivity contribution in [3.63, 3.8) is 0 Å². The van der Waals surface area contributed by atoms with E-state index in [0.29, 0.717) is 13.0 Å². The molecule has 20 heavy (non-hydrogen) atoms. The maximum atomic E-state index is 11.0. The number of hydrogen-bond donors (Lipinski definition) is 1. The fraction of sp³-hybridized carbons (Fsp3) is 0.214. The number of benzene rings is 1. The first-order valence-electron chi connectivity index (χ1n) is 6.20. The molecule has 104 valence electrons. The van der Waals surface area contributed by atoms with Gasteiger partial charge in [0, 0.05) is 40.7 Å².